The van der Waals surface area contributed by atoms with Crippen molar-refractivity contribution in [3.63, 3.8) is 0 Å². The first kappa shape index (κ1) is 17.6. The Bertz CT molecular complexity index is 619. The van der Waals surface area contributed by atoms with E-state index in [4.69, 9.17) is 0 Å². The Balaban J connectivity index is 0.00000176. The molecule has 0 fully saturated rings. The second kappa shape index (κ2) is 5.43. The molecule has 22 heavy (non-hydrogen) atoms. The van der Waals surface area contributed by atoms with Crippen molar-refractivity contribution in [1.29, 1.82) is 0 Å². The molecular formula is C21H29Li. The molecule has 2 aliphatic rings. The zero-order chi connectivity index (χ0) is 15.5. The topological polar surface area (TPSA) is 0 Å². The third-order valence-electron chi connectivity index (χ3n) is 5.80. The third-order valence-corrected chi connectivity index (χ3v) is 5.80. The zero-order valence-electron chi connectivity index (χ0n) is 14.4. The van der Waals surface area contributed by atoms with Crippen molar-refractivity contribution in [2.45, 2.75) is 54.4 Å². The van der Waals surface area contributed by atoms with Gasteiger partial charge in [0.1, 0.15) is 0 Å². The van der Waals surface area contributed by atoms with Gasteiger partial charge >= 0.3 is 18.9 Å². The molecule has 3 rings (SSSR count). The van der Waals surface area contributed by atoms with Crippen LogP contribution in [-0.4, -0.2) is 18.9 Å². The van der Waals surface area contributed by atoms with Gasteiger partial charge in [0.25, 0.3) is 0 Å². The van der Waals surface area contributed by atoms with E-state index in [0.29, 0.717) is 0 Å². The van der Waals surface area contributed by atoms with Crippen LogP contribution in [0.1, 0.15) is 59.1 Å². The van der Waals surface area contributed by atoms with Crippen LogP contribution in [0, 0.1) is 16.2 Å². The van der Waals surface area contributed by atoms with Gasteiger partial charge in [-0.05, 0) is 40.4 Å². The SMILES string of the molecule is CC(C)(C)C1(C(C)(C)C)C=CC2=C(Cc3ccccc32)C1.[LiH]. The second-order valence-electron chi connectivity index (χ2n) is 8.83. The molecule has 0 nitrogen and oxygen atoms in total. The summed E-state index contributed by atoms with van der Waals surface area (Å²) in [4.78, 5) is 0. The van der Waals surface area contributed by atoms with Gasteiger partial charge in [-0.1, -0.05) is 83.5 Å². The van der Waals surface area contributed by atoms with Gasteiger partial charge in [0.2, 0.25) is 0 Å². The molecule has 0 aliphatic heterocycles. The van der Waals surface area contributed by atoms with Crippen molar-refractivity contribution in [3.8, 4) is 0 Å². The quantitative estimate of drug-likeness (QED) is 0.562. The van der Waals surface area contributed by atoms with Gasteiger partial charge in [-0.15, -0.1) is 0 Å². The minimum absolute atomic E-state index is 0. The standard InChI is InChI=1S/C21H28.Li.H/c1-19(2,3)21(20(4,5)6)12-11-18-16(14-21)13-15-9-7-8-10-17(15)18;;/h7-12H,13-14H2,1-6H3;;. The van der Waals surface area contributed by atoms with Gasteiger partial charge in [0.15, 0.2) is 0 Å². The number of fused-ring (bicyclic) bond motifs is 2. The molecule has 0 amide bonds. The summed E-state index contributed by atoms with van der Waals surface area (Å²) in [5.74, 6) is 0. The van der Waals surface area contributed by atoms with E-state index < -0.39 is 0 Å². The van der Waals surface area contributed by atoms with Crippen molar-refractivity contribution >= 4 is 24.4 Å². The van der Waals surface area contributed by atoms with Crippen molar-refractivity contribution in [2.75, 3.05) is 0 Å². The average molecular weight is 288 g/mol. The van der Waals surface area contributed by atoms with Gasteiger partial charge in [-0.25, -0.2) is 0 Å². The molecule has 114 valence electrons. The average Bonchev–Trinajstić information content (AvgIpc) is 2.73. The Labute approximate surface area is 148 Å². The number of hydrogen-bond donors (Lipinski definition) is 0. The van der Waals surface area contributed by atoms with Crippen LogP contribution < -0.4 is 0 Å². The van der Waals surface area contributed by atoms with Crippen LogP contribution in [0.2, 0.25) is 0 Å². The number of benzene rings is 1. The summed E-state index contributed by atoms with van der Waals surface area (Å²) < 4.78 is 0. The van der Waals surface area contributed by atoms with E-state index in [-0.39, 0.29) is 35.1 Å². The molecule has 1 aromatic rings. The maximum atomic E-state index is 2.52. The van der Waals surface area contributed by atoms with Crippen LogP contribution in [0.4, 0.5) is 0 Å². The Hall–Kier alpha value is -0.703. The van der Waals surface area contributed by atoms with E-state index in [1.165, 1.54) is 23.1 Å². The van der Waals surface area contributed by atoms with Crippen LogP contribution in [0.5, 0.6) is 0 Å². The predicted octanol–water partition coefficient (Wildman–Crippen LogP) is 5.39. The van der Waals surface area contributed by atoms with E-state index in [9.17, 15) is 0 Å². The molecule has 2 aliphatic carbocycles. The Morgan fingerprint density at radius 1 is 0.909 bits per heavy atom. The Kier molecular flexibility index (Phi) is 4.36. The molecule has 1 aromatic carbocycles. The van der Waals surface area contributed by atoms with E-state index in [1.54, 1.807) is 5.57 Å². The summed E-state index contributed by atoms with van der Waals surface area (Å²) in [7, 11) is 0. The van der Waals surface area contributed by atoms with E-state index in [2.05, 4.69) is 78.0 Å². The van der Waals surface area contributed by atoms with E-state index in [0.717, 1.165) is 6.42 Å². The Morgan fingerprint density at radius 2 is 1.50 bits per heavy atom. The number of rotatable bonds is 0. The first-order valence-corrected chi connectivity index (χ1v) is 8.15. The number of hydrogen-bond acceptors (Lipinski definition) is 0. The zero-order valence-corrected chi connectivity index (χ0v) is 14.4. The summed E-state index contributed by atoms with van der Waals surface area (Å²) in [5.41, 5.74) is 6.84. The van der Waals surface area contributed by atoms with Crippen molar-refractivity contribution in [1.82, 2.24) is 0 Å². The summed E-state index contributed by atoms with van der Waals surface area (Å²) in [6.07, 6.45) is 7.28. The van der Waals surface area contributed by atoms with Crippen LogP contribution in [0.25, 0.3) is 5.57 Å². The minimum atomic E-state index is 0. The van der Waals surface area contributed by atoms with Crippen molar-refractivity contribution in [2.24, 2.45) is 16.2 Å². The monoisotopic (exact) mass is 288 g/mol. The van der Waals surface area contributed by atoms with Gasteiger partial charge in [-0.2, -0.15) is 0 Å². The molecule has 0 atom stereocenters. The van der Waals surface area contributed by atoms with Gasteiger partial charge in [0, 0.05) is 5.41 Å². The van der Waals surface area contributed by atoms with Crippen LogP contribution in [0.15, 0.2) is 42.0 Å². The molecular weight excluding hydrogens is 259 g/mol. The van der Waals surface area contributed by atoms with Gasteiger partial charge in [-0.3, -0.25) is 0 Å². The molecule has 0 heterocycles. The summed E-state index contributed by atoms with van der Waals surface area (Å²) in [6.45, 7) is 14.4. The fraction of sp³-hybridized carbons (Fsp3) is 0.524. The first-order valence-electron chi connectivity index (χ1n) is 8.15. The molecule has 1 heteroatoms. The van der Waals surface area contributed by atoms with Gasteiger partial charge < -0.3 is 0 Å². The molecule has 0 saturated heterocycles. The maximum absolute atomic E-state index is 2.52. The fourth-order valence-corrected chi connectivity index (χ4v) is 4.59. The molecule has 0 saturated carbocycles. The molecule has 0 unspecified atom stereocenters. The Morgan fingerprint density at radius 3 is 2.09 bits per heavy atom. The summed E-state index contributed by atoms with van der Waals surface area (Å²) in [5, 5.41) is 0. The second-order valence-corrected chi connectivity index (χ2v) is 8.83. The van der Waals surface area contributed by atoms with Crippen molar-refractivity contribution < 1.29 is 0 Å². The third kappa shape index (κ3) is 2.46. The van der Waals surface area contributed by atoms with Crippen LogP contribution in [-0.2, 0) is 6.42 Å². The molecule has 0 N–H and O–H groups in total. The summed E-state index contributed by atoms with van der Waals surface area (Å²) in [6, 6.07) is 8.90. The molecule has 0 aromatic heterocycles. The number of allylic oxidation sites excluding steroid dienone is 4. The van der Waals surface area contributed by atoms with Crippen LogP contribution >= 0.6 is 0 Å². The first-order chi connectivity index (χ1) is 9.66. The van der Waals surface area contributed by atoms with Crippen LogP contribution in [0.3, 0.4) is 0 Å². The fourth-order valence-electron chi connectivity index (χ4n) is 4.59. The van der Waals surface area contributed by atoms with Crippen molar-refractivity contribution in [3.05, 3.63) is 53.1 Å². The predicted molar refractivity (Wildman–Crippen MR) is 99.3 cm³/mol. The molecule has 0 spiro atoms. The molecule has 0 radical (unpaired) electrons. The molecule has 0 bridgehead atoms. The van der Waals surface area contributed by atoms with Gasteiger partial charge in [0.05, 0.1) is 0 Å². The summed E-state index contributed by atoms with van der Waals surface area (Å²) >= 11 is 0. The van der Waals surface area contributed by atoms with E-state index in [1.807, 2.05) is 0 Å². The normalized spacial score (nSPS) is 19.5. The van der Waals surface area contributed by atoms with E-state index >= 15 is 0 Å².